The van der Waals surface area contributed by atoms with Crippen molar-refractivity contribution in [3.63, 3.8) is 0 Å². The van der Waals surface area contributed by atoms with Gasteiger partial charge in [0, 0.05) is 30.9 Å². The van der Waals surface area contributed by atoms with Crippen molar-refractivity contribution < 1.29 is 0 Å². The van der Waals surface area contributed by atoms with Crippen LogP contribution < -0.4 is 10.6 Å². The quantitative estimate of drug-likeness (QED) is 0.774. The Morgan fingerprint density at radius 1 is 1.31 bits per heavy atom. The van der Waals surface area contributed by atoms with Crippen molar-refractivity contribution >= 4 is 5.82 Å². The lowest BCUT2D eigenvalue weighted by Gasteiger charge is -2.35. The first kappa shape index (κ1) is 11.3. The fourth-order valence-electron chi connectivity index (χ4n) is 2.45. The summed E-state index contributed by atoms with van der Waals surface area (Å²) in [5, 5.41) is 0. The van der Waals surface area contributed by atoms with Gasteiger partial charge in [0.25, 0.3) is 0 Å². The van der Waals surface area contributed by atoms with Crippen molar-refractivity contribution in [1.29, 1.82) is 0 Å². The third-order valence-electron chi connectivity index (χ3n) is 2.97. The summed E-state index contributed by atoms with van der Waals surface area (Å²) in [6.07, 6.45) is 1.11. The van der Waals surface area contributed by atoms with Crippen molar-refractivity contribution in [1.82, 2.24) is 9.97 Å². The Labute approximate surface area is 96.9 Å². The zero-order valence-electron chi connectivity index (χ0n) is 10.3. The molecule has 0 bridgehead atoms. The maximum absolute atomic E-state index is 6.04. The Hall–Kier alpha value is -1.16. The normalized spacial score (nSPS) is 25.9. The van der Waals surface area contributed by atoms with E-state index in [-0.39, 0.29) is 6.04 Å². The Bertz CT molecular complexity index is 347. The first-order valence-corrected chi connectivity index (χ1v) is 5.87. The van der Waals surface area contributed by atoms with Crippen LogP contribution in [0.15, 0.2) is 6.07 Å². The van der Waals surface area contributed by atoms with Gasteiger partial charge in [0.2, 0.25) is 0 Å². The van der Waals surface area contributed by atoms with Crippen LogP contribution in [0.5, 0.6) is 0 Å². The zero-order chi connectivity index (χ0) is 11.7. The summed E-state index contributed by atoms with van der Waals surface area (Å²) in [5.74, 6) is 2.49. The highest BCUT2D eigenvalue weighted by Crippen LogP contribution is 2.21. The number of hydrogen-bond acceptors (Lipinski definition) is 4. The first-order chi connectivity index (χ1) is 7.54. The molecule has 1 aromatic heterocycles. The van der Waals surface area contributed by atoms with Gasteiger partial charge in [0.1, 0.15) is 11.6 Å². The number of aromatic nitrogens is 2. The van der Waals surface area contributed by atoms with Gasteiger partial charge in [-0.15, -0.1) is 0 Å². The largest absolute Gasteiger partial charge is 0.355 e. The second kappa shape index (κ2) is 4.37. The highest BCUT2D eigenvalue weighted by Gasteiger charge is 2.23. The van der Waals surface area contributed by atoms with Crippen LogP contribution in [-0.4, -0.2) is 29.1 Å². The molecule has 1 aliphatic rings. The minimum Gasteiger partial charge on any atom is -0.355 e. The molecule has 0 aliphatic carbocycles. The second-order valence-corrected chi connectivity index (χ2v) is 4.92. The fraction of sp³-hybridized carbons (Fsp3) is 0.667. The smallest absolute Gasteiger partial charge is 0.132 e. The Balaban J connectivity index is 2.22. The molecule has 0 amide bonds. The monoisotopic (exact) mass is 220 g/mol. The standard InChI is InChI=1S/C12H20N4/c1-8-4-11(13)7-16(6-8)12-5-9(2)14-10(3)15-12/h5,8,11H,4,6-7,13H2,1-3H3. The fourth-order valence-corrected chi connectivity index (χ4v) is 2.45. The van der Waals surface area contributed by atoms with Crippen molar-refractivity contribution in [2.24, 2.45) is 11.7 Å². The lowest BCUT2D eigenvalue weighted by molar-refractivity contribution is 0.399. The van der Waals surface area contributed by atoms with Crippen molar-refractivity contribution in [2.75, 3.05) is 18.0 Å². The number of nitrogens with two attached hydrogens (primary N) is 1. The number of hydrogen-bond donors (Lipinski definition) is 1. The van der Waals surface area contributed by atoms with Gasteiger partial charge >= 0.3 is 0 Å². The van der Waals surface area contributed by atoms with E-state index in [1.807, 2.05) is 19.9 Å². The highest BCUT2D eigenvalue weighted by atomic mass is 15.2. The molecule has 0 radical (unpaired) electrons. The summed E-state index contributed by atoms with van der Waals surface area (Å²) in [4.78, 5) is 11.1. The number of nitrogens with zero attached hydrogens (tertiary/aromatic N) is 3. The predicted octanol–water partition coefficient (Wildman–Crippen LogP) is 1.27. The maximum Gasteiger partial charge on any atom is 0.132 e. The van der Waals surface area contributed by atoms with Crippen LogP contribution in [0.1, 0.15) is 24.9 Å². The van der Waals surface area contributed by atoms with Crippen LogP contribution in [0.2, 0.25) is 0 Å². The van der Waals surface area contributed by atoms with Crippen LogP contribution in [0.4, 0.5) is 5.82 Å². The molecule has 0 spiro atoms. The summed E-state index contributed by atoms with van der Waals surface area (Å²) < 4.78 is 0. The first-order valence-electron chi connectivity index (χ1n) is 5.87. The van der Waals surface area contributed by atoms with E-state index in [0.717, 1.165) is 36.8 Å². The molecule has 1 saturated heterocycles. The lowest BCUT2D eigenvalue weighted by atomic mass is 9.96. The molecule has 1 aliphatic heterocycles. The molecule has 88 valence electrons. The minimum absolute atomic E-state index is 0.263. The number of piperidine rings is 1. The minimum atomic E-state index is 0.263. The third-order valence-corrected chi connectivity index (χ3v) is 2.97. The Kier molecular flexibility index (Phi) is 3.10. The van der Waals surface area contributed by atoms with Crippen LogP contribution in [0.3, 0.4) is 0 Å². The Morgan fingerprint density at radius 2 is 2.06 bits per heavy atom. The molecule has 2 heterocycles. The molecule has 0 aromatic carbocycles. The summed E-state index contributed by atoms with van der Waals surface area (Å²) >= 11 is 0. The molecule has 2 unspecified atom stereocenters. The number of rotatable bonds is 1. The van der Waals surface area contributed by atoms with Gasteiger partial charge in [-0.05, 0) is 26.2 Å². The van der Waals surface area contributed by atoms with Gasteiger partial charge in [0.15, 0.2) is 0 Å². The number of anilines is 1. The van der Waals surface area contributed by atoms with Gasteiger partial charge in [-0.3, -0.25) is 0 Å². The Morgan fingerprint density at radius 3 is 2.69 bits per heavy atom. The van der Waals surface area contributed by atoms with Gasteiger partial charge in [-0.2, -0.15) is 0 Å². The van der Waals surface area contributed by atoms with Gasteiger partial charge in [0.05, 0.1) is 0 Å². The average Bonchev–Trinajstić information content (AvgIpc) is 2.14. The molecular weight excluding hydrogens is 200 g/mol. The van der Waals surface area contributed by atoms with E-state index < -0.39 is 0 Å². The molecule has 1 aromatic rings. The van der Waals surface area contributed by atoms with E-state index in [4.69, 9.17) is 5.73 Å². The molecule has 1 fully saturated rings. The van der Waals surface area contributed by atoms with E-state index in [1.165, 1.54) is 0 Å². The molecule has 16 heavy (non-hydrogen) atoms. The lowest BCUT2D eigenvalue weighted by Crippen LogP contribution is -2.46. The predicted molar refractivity (Wildman–Crippen MR) is 65.5 cm³/mol. The van der Waals surface area contributed by atoms with E-state index in [2.05, 4.69) is 21.8 Å². The van der Waals surface area contributed by atoms with Gasteiger partial charge < -0.3 is 10.6 Å². The average molecular weight is 220 g/mol. The molecule has 2 atom stereocenters. The van der Waals surface area contributed by atoms with Crippen LogP contribution in [0, 0.1) is 19.8 Å². The topological polar surface area (TPSA) is 55.0 Å². The zero-order valence-corrected chi connectivity index (χ0v) is 10.3. The molecular formula is C12H20N4. The van der Waals surface area contributed by atoms with E-state index >= 15 is 0 Å². The molecule has 4 heteroatoms. The third kappa shape index (κ3) is 2.50. The van der Waals surface area contributed by atoms with Crippen LogP contribution in [-0.2, 0) is 0 Å². The van der Waals surface area contributed by atoms with Crippen LogP contribution in [0.25, 0.3) is 0 Å². The maximum atomic E-state index is 6.04. The van der Waals surface area contributed by atoms with Crippen molar-refractivity contribution in [3.8, 4) is 0 Å². The summed E-state index contributed by atoms with van der Waals surface area (Å²) in [7, 11) is 0. The van der Waals surface area contributed by atoms with Crippen LogP contribution >= 0.6 is 0 Å². The van der Waals surface area contributed by atoms with E-state index in [1.54, 1.807) is 0 Å². The summed E-state index contributed by atoms with van der Waals surface area (Å²) in [6.45, 7) is 8.13. The van der Waals surface area contributed by atoms with E-state index in [0.29, 0.717) is 5.92 Å². The van der Waals surface area contributed by atoms with E-state index in [9.17, 15) is 0 Å². The molecule has 2 N–H and O–H groups in total. The molecule has 2 rings (SSSR count). The summed E-state index contributed by atoms with van der Waals surface area (Å²) in [6, 6.07) is 2.30. The summed E-state index contributed by atoms with van der Waals surface area (Å²) in [5.41, 5.74) is 7.07. The molecule has 4 nitrogen and oxygen atoms in total. The second-order valence-electron chi connectivity index (χ2n) is 4.92. The highest BCUT2D eigenvalue weighted by molar-refractivity contribution is 5.40. The van der Waals surface area contributed by atoms with Crippen molar-refractivity contribution in [2.45, 2.75) is 33.2 Å². The van der Waals surface area contributed by atoms with Gasteiger partial charge in [-0.1, -0.05) is 6.92 Å². The van der Waals surface area contributed by atoms with Crippen molar-refractivity contribution in [3.05, 3.63) is 17.6 Å². The molecule has 0 saturated carbocycles. The SMILES string of the molecule is Cc1cc(N2CC(C)CC(N)C2)nc(C)n1. The number of aryl methyl sites for hydroxylation is 2. The van der Waals surface area contributed by atoms with Gasteiger partial charge in [-0.25, -0.2) is 9.97 Å².